The molecule has 2 nitrogen and oxygen atoms in total. The summed E-state index contributed by atoms with van der Waals surface area (Å²) in [7, 11) is -1.47. The number of hydrogen-bond acceptors (Lipinski definition) is 3. The van der Waals surface area contributed by atoms with Crippen LogP contribution in [0, 0.1) is 17.9 Å². The Morgan fingerprint density at radius 3 is 1.96 bits per heavy atom. The summed E-state index contributed by atoms with van der Waals surface area (Å²) in [5, 5.41) is 4.13. The monoisotopic (exact) mass is 877 g/mol. The molecule has 0 saturated heterocycles. The molecule has 6 rings (SSSR count). The molecule has 1 radical (unpaired) electrons. The molecule has 0 N–H and O–H groups in total. The number of alkyl halides is 3. The molecule has 0 amide bonds. The van der Waals surface area contributed by atoms with Crippen molar-refractivity contribution in [1.82, 2.24) is 9.97 Å². The van der Waals surface area contributed by atoms with Gasteiger partial charge in [0.1, 0.15) is 0 Å². The summed E-state index contributed by atoms with van der Waals surface area (Å²) >= 11 is 0.750. The first kappa shape index (κ1) is 38.6. The van der Waals surface area contributed by atoms with Crippen molar-refractivity contribution in [3.8, 4) is 22.5 Å². The number of hydrogen-bond donors (Lipinski definition) is 0. The molecule has 3 aromatic heterocycles. The maximum atomic E-state index is 13.4. The number of aromatic nitrogens is 2. The number of thiophene rings is 1. The molecule has 0 aliphatic heterocycles. The van der Waals surface area contributed by atoms with Crippen molar-refractivity contribution in [2.24, 2.45) is 0 Å². The summed E-state index contributed by atoms with van der Waals surface area (Å²) in [6.45, 7) is 19.4. The second kappa shape index (κ2) is 14.2. The Labute approximate surface area is 305 Å². The van der Waals surface area contributed by atoms with E-state index in [0.29, 0.717) is 10.1 Å². The number of rotatable bonds is 3. The molecule has 0 spiro atoms. The van der Waals surface area contributed by atoms with Gasteiger partial charge >= 0.3 is 6.18 Å². The van der Waals surface area contributed by atoms with Gasteiger partial charge in [-0.05, 0) is 43.3 Å². The maximum absolute atomic E-state index is 13.4. The fraction of sp³-hybridized carbons (Fsp3) is 0.300. The second-order valence-electron chi connectivity index (χ2n) is 15.2. The van der Waals surface area contributed by atoms with Crippen LogP contribution in [-0.2, 0) is 37.1 Å². The Hall–Kier alpha value is -3.23. The number of nitrogens with zero attached hydrogens (tertiary/aromatic N) is 2. The molecular formula is C40H40F4IrN2SSi-2. The van der Waals surface area contributed by atoms with E-state index in [9.17, 15) is 17.6 Å². The topological polar surface area (TPSA) is 25.8 Å². The number of benzene rings is 3. The van der Waals surface area contributed by atoms with Crippen LogP contribution in [0.5, 0.6) is 0 Å². The van der Waals surface area contributed by atoms with E-state index in [1.807, 2.05) is 51.4 Å². The first-order valence-corrected chi connectivity index (χ1v) is 20.1. The van der Waals surface area contributed by atoms with Crippen LogP contribution in [-0.4, -0.2) is 18.0 Å². The van der Waals surface area contributed by atoms with Crippen molar-refractivity contribution in [2.45, 2.75) is 78.2 Å². The van der Waals surface area contributed by atoms with Crippen LogP contribution in [0.2, 0.25) is 19.6 Å². The van der Waals surface area contributed by atoms with Crippen LogP contribution < -0.4 is 5.19 Å². The van der Waals surface area contributed by atoms with Crippen molar-refractivity contribution >= 4 is 45.5 Å². The van der Waals surface area contributed by atoms with Crippen molar-refractivity contribution < 1.29 is 37.7 Å². The van der Waals surface area contributed by atoms with Gasteiger partial charge in [0.05, 0.1) is 13.0 Å². The predicted octanol–water partition coefficient (Wildman–Crippen LogP) is 11.8. The third kappa shape index (κ3) is 9.12. The molecule has 3 aromatic carbocycles. The predicted molar refractivity (Wildman–Crippen MR) is 195 cm³/mol. The molecule has 6 aromatic rings. The van der Waals surface area contributed by atoms with Crippen LogP contribution in [0.3, 0.4) is 0 Å². The zero-order valence-electron chi connectivity index (χ0n) is 29.2. The minimum atomic E-state index is -4.36. The van der Waals surface area contributed by atoms with Gasteiger partial charge < -0.3 is 9.97 Å². The van der Waals surface area contributed by atoms with E-state index in [-0.39, 0.29) is 36.8 Å². The molecule has 3 heterocycles. The molecule has 0 saturated carbocycles. The summed E-state index contributed by atoms with van der Waals surface area (Å²) in [5.74, 6) is -0.278. The van der Waals surface area contributed by atoms with E-state index in [1.54, 1.807) is 6.07 Å². The van der Waals surface area contributed by atoms with Gasteiger partial charge in [0, 0.05) is 38.3 Å². The van der Waals surface area contributed by atoms with Gasteiger partial charge in [0.15, 0.2) is 0 Å². The molecule has 0 unspecified atom stereocenters. The molecule has 0 fully saturated rings. The van der Waals surface area contributed by atoms with Gasteiger partial charge in [0.25, 0.3) is 0 Å². The van der Waals surface area contributed by atoms with Gasteiger partial charge in [0.2, 0.25) is 0 Å². The standard InChI is InChI=1S/C25H25F3NSSi.C15H15FN.Ir/c1-24(2,3)20-10-17(12-22-19(20)13-23(30-22)25(26,27)28)21-11-16-9-18(31(4,5)6)8-7-15(16)14-29-21;1-15(2,3)12-6-9-14(17-10-12)11-4-7-13(16)8-5-11;/h7-11,13-14H,1-6H3;4,6-10H,1-3H3;/q2*-1;. The number of fused-ring (bicyclic) bond motifs is 2. The Kier molecular flexibility index (Phi) is 11.2. The summed E-state index contributed by atoms with van der Waals surface area (Å²) in [5.41, 5.74) is 4.93. The summed E-state index contributed by atoms with van der Waals surface area (Å²) in [6, 6.07) is 26.3. The fourth-order valence-corrected chi connectivity index (χ4v) is 7.40. The molecule has 259 valence electrons. The van der Waals surface area contributed by atoms with Crippen LogP contribution >= 0.6 is 11.3 Å². The second-order valence-corrected chi connectivity index (χ2v) is 21.3. The molecule has 49 heavy (non-hydrogen) atoms. The van der Waals surface area contributed by atoms with Gasteiger partial charge in [-0.15, -0.1) is 53.1 Å². The first-order valence-electron chi connectivity index (χ1n) is 15.8. The van der Waals surface area contributed by atoms with Crippen molar-refractivity contribution in [3.05, 3.63) is 113 Å². The first-order chi connectivity index (χ1) is 22.2. The average molecular weight is 877 g/mol. The van der Waals surface area contributed by atoms with E-state index in [0.717, 1.165) is 50.2 Å². The van der Waals surface area contributed by atoms with E-state index in [4.69, 9.17) is 0 Å². The quantitative estimate of drug-likeness (QED) is 0.101. The van der Waals surface area contributed by atoms with Gasteiger partial charge in [-0.2, -0.15) is 24.5 Å². The van der Waals surface area contributed by atoms with Gasteiger partial charge in [-0.3, -0.25) is 4.39 Å². The van der Waals surface area contributed by atoms with Crippen molar-refractivity contribution in [2.75, 3.05) is 0 Å². The third-order valence-corrected chi connectivity index (χ3v) is 11.3. The maximum Gasteiger partial charge on any atom is 0.424 e. The molecule has 0 atom stereocenters. The normalized spacial score (nSPS) is 12.4. The van der Waals surface area contributed by atoms with Gasteiger partial charge in [-0.1, -0.05) is 114 Å². The number of halogens is 4. The van der Waals surface area contributed by atoms with Gasteiger partial charge in [-0.25, -0.2) is 0 Å². The van der Waals surface area contributed by atoms with E-state index in [1.165, 1.54) is 28.9 Å². The fourth-order valence-electron chi connectivity index (χ4n) is 5.28. The van der Waals surface area contributed by atoms with E-state index < -0.39 is 19.1 Å². The van der Waals surface area contributed by atoms with E-state index in [2.05, 4.69) is 86.8 Å². The Balaban J connectivity index is 0.000000255. The van der Waals surface area contributed by atoms with Crippen LogP contribution in [0.4, 0.5) is 17.6 Å². The SMILES string of the molecule is CC(C)(C)c1cc(-c2cc3cc([Si](C)(C)C)ccc3cn2)[c-]c2sc(C(F)(F)F)cc12.CC(C)(C)c1ccc(-c2[c-]cc(F)cc2)nc1.[Ir]. The Morgan fingerprint density at radius 1 is 0.714 bits per heavy atom. The smallest absolute Gasteiger partial charge is 0.304 e. The third-order valence-electron chi connectivity index (χ3n) is 8.19. The number of pyridine rings is 2. The average Bonchev–Trinajstić information content (AvgIpc) is 3.45. The zero-order valence-corrected chi connectivity index (χ0v) is 33.4. The molecule has 0 bridgehead atoms. The van der Waals surface area contributed by atoms with E-state index >= 15 is 0 Å². The summed E-state index contributed by atoms with van der Waals surface area (Å²) in [6.07, 6.45) is -0.656. The summed E-state index contributed by atoms with van der Waals surface area (Å²) < 4.78 is 53.4. The molecule has 0 aliphatic carbocycles. The van der Waals surface area contributed by atoms with Crippen molar-refractivity contribution in [1.29, 1.82) is 0 Å². The largest absolute Gasteiger partial charge is 0.424 e. The molecule has 0 aliphatic rings. The van der Waals surface area contributed by atoms with Crippen molar-refractivity contribution in [3.63, 3.8) is 0 Å². The molecule has 9 heteroatoms. The Morgan fingerprint density at radius 2 is 1.41 bits per heavy atom. The Bertz CT molecular complexity index is 2070. The summed E-state index contributed by atoms with van der Waals surface area (Å²) in [4.78, 5) is 8.42. The molecular weight excluding hydrogens is 837 g/mol. The minimum Gasteiger partial charge on any atom is -0.304 e. The van der Waals surface area contributed by atoms with Crippen LogP contribution in [0.25, 0.3) is 43.4 Å². The van der Waals surface area contributed by atoms with Crippen LogP contribution in [0.1, 0.15) is 57.5 Å². The van der Waals surface area contributed by atoms with Crippen LogP contribution in [0.15, 0.2) is 79.1 Å². The zero-order chi connectivity index (χ0) is 35.2. The minimum absolute atomic E-state index is 0.